The molecule has 0 bridgehead atoms. The number of carbonyl (C=O) groups excluding carboxylic acids is 1. The quantitative estimate of drug-likeness (QED) is 0.752. The van der Waals surface area contributed by atoms with Crippen molar-refractivity contribution in [3.63, 3.8) is 0 Å². The Balaban J connectivity index is 1.93. The highest BCUT2D eigenvalue weighted by Gasteiger charge is 2.21. The van der Waals surface area contributed by atoms with Gasteiger partial charge in [-0.05, 0) is 25.2 Å². The molecule has 4 nitrogen and oxygen atoms in total. The van der Waals surface area contributed by atoms with Crippen molar-refractivity contribution >= 4 is 5.91 Å². The number of hydrogen-bond donors (Lipinski definition) is 0. The van der Waals surface area contributed by atoms with Crippen LogP contribution >= 0.6 is 0 Å². The van der Waals surface area contributed by atoms with E-state index in [1.54, 1.807) is 19.3 Å². The molecule has 1 amide bonds. The second-order valence-corrected chi connectivity index (χ2v) is 4.37. The van der Waals surface area contributed by atoms with Crippen LogP contribution in [0, 0.1) is 5.92 Å². The molecule has 2 heterocycles. The zero-order valence-electron chi connectivity index (χ0n) is 9.59. The third kappa shape index (κ3) is 2.78. The first kappa shape index (κ1) is 11.0. The summed E-state index contributed by atoms with van der Waals surface area (Å²) in [5.74, 6) is 0.721. The highest BCUT2D eigenvalue weighted by Crippen LogP contribution is 2.19. The average Bonchev–Trinajstić information content (AvgIpc) is 2.30. The Hall–Kier alpha value is -1.45. The van der Waals surface area contributed by atoms with Gasteiger partial charge in [0.2, 0.25) is 5.91 Å². The molecule has 1 unspecified atom stereocenters. The van der Waals surface area contributed by atoms with Crippen molar-refractivity contribution in [1.29, 1.82) is 0 Å². The van der Waals surface area contributed by atoms with Crippen LogP contribution in [-0.2, 0) is 11.2 Å². The molecule has 2 rings (SSSR count). The van der Waals surface area contributed by atoms with Gasteiger partial charge in [-0.2, -0.15) is 0 Å². The van der Waals surface area contributed by atoms with Gasteiger partial charge in [0.1, 0.15) is 0 Å². The number of likely N-dealkylation sites (tertiary alicyclic amines) is 1. The molecule has 1 aromatic heterocycles. The second-order valence-electron chi connectivity index (χ2n) is 4.37. The van der Waals surface area contributed by atoms with Crippen LogP contribution in [0.3, 0.4) is 0 Å². The van der Waals surface area contributed by atoms with Crippen LogP contribution in [-0.4, -0.2) is 33.9 Å². The first-order chi connectivity index (χ1) is 7.75. The van der Waals surface area contributed by atoms with Crippen LogP contribution in [0.2, 0.25) is 0 Å². The predicted octanol–water partition coefficient (Wildman–Crippen LogP) is 1.28. The highest BCUT2D eigenvalue weighted by atomic mass is 16.2. The van der Waals surface area contributed by atoms with E-state index in [4.69, 9.17) is 0 Å². The van der Waals surface area contributed by atoms with Gasteiger partial charge < -0.3 is 4.90 Å². The van der Waals surface area contributed by atoms with E-state index < -0.39 is 0 Å². The lowest BCUT2D eigenvalue weighted by molar-refractivity contribution is -0.130. The van der Waals surface area contributed by atoms with Crippen molar-refractivity contribution in [2.75, 3.05) is 13.1 Å². The van der Waals surface area contributed by atoms with E-state index in [9.17, 15) is 4.79 Å². The molecule has 0 N–H and O–H groups in total. The van der Waals surface area contributed by atoms with E-state index in [0.29, 0.717) is 5.92 Å². The van der Waals surface area contributed by atoms with E-state index >= 15 is 0 Å². The Morgan fingerprint density at radius 1 is 1.56 bits per heavy atom. The molecule has 4 heteroatoms. The van der Waals surface area contributed by atoms with Gasteiger partial charge in [0, 0.05) is 38.6 Å². The molecule has 1 aliphatic heterocycles. The van der Waals surface area contributed by atoms with Crippen molar-refractivity contribution < 1.29 is 4.79 Å². The summed E-state index contributed by atoms with van der Waals surface area (Å²) in [5.41, 5.74) is 1.03. The summed E-state index contributed by atoms with van der Waals surface area (Å²) in [4.78, 5) is 21.6. The third-order valence-corrected chi connectivity index (χ3v) is 3.08. The van der Waals surface area contributed by atoms with E-state index in [-0.39, 0.29) is 5.91 Å². The summed E-state index contributed by atoms with van der Waals surface area (Å²) in [5, 5.41) is 0. The molecule has 0 aliphatic carbocycles. The predicted molar refractivity (Wildman–Crippen MR) is 60.7 cm³/mol. The van der Waals surface area contributed by atoms with Gasteiger partial charge in [0.25, 0.3) is 0 Å². The van der Waals surface area contributed by atoms with Crippen molar-refractivity contribution in [2.45, 2.75) is 26.2 Å². The zero-order chi connectivity index (χ0) is 11.4. The number of piperidine rings is 1. The largest absolute Gasteiger partial charge is 0.343 e. The van der Waals surface area contributed by atoms with Crippen LogP contribution in [0.5, 0.6) is 0 Å². The maximum Gasteiger partial charge on any atom is 0.219 e. The number of aromatic nitrogens is 2. The summed E-state index contributed by atoms with van der Waals surface area (Å²) in [7, 11) is 0. The van der Waals surface area contributed by atoms with Crippen molar-refractivity contribution in [3.8, 4) is 0 Å². The molecule has 0 saturated carbocycles. The van der Waals surface area contributed by atoms with E-state index in [0.717, 1.165) is 31.6 Å². The highest BCUT2D eigenvalue weighted by molar-refractivity contribution is 5.73. The molecule has 1 saturated heterocycles. The molecule has 1 aliphatic rings. The molecule has 16 heavy (non-hydrogen) atoms. The lowest BCUT2D eigenvalue weighted by Gasteiger charge is -2.31. The summed E-state index contributed by atoms with van der Waals surface area (Å²) in [6.45, 7) is 3.42. The van der Waals surface area contributed by atoms with Crippen LogP contribution in [0.4, 0.5) is 0 Å². The van der Waals surface area contributed by atoms with Crippen LogP contribution < -0.4 is 0 Å². The van der Waals surface area contributed by atoms with E-state index in [1.165, 1.54) is 6.42 Å². The Morgan fingerprint density at radius 2 is 2.44 bits per heavy atom. The Bertz CT molecular complexity index is 353. The van der Waals surface area contributed by atoms with E-state index in [1.807, 2.05) is 11.1 Å². The van der Waals surface area contributed by atoms with Gasteiger partial charge in [-0.25, -0.2) is 0 Å². The zero-order valence-corrected chi connectivity index (χ0v) is 9.59. The summed E-state index contributed by atoms with van der Waals surface area (Å²) in [6, 6.07) is 0. The molecular weight excluding hydrogens is 202 g/mol. The van der Waals surface area contributed by atoms with Crippen LogP contribution in [0.25, 0.3) is 0 Å². The molecule has 0 radical (unpaired) electrons. The molecule has 0 spiro atoms. The maximum atomic E-state index is 11.3. The van der Waals surface area contributed by atoms with Crippen LogP contribution in [0.15, 0.2) is 18.6 Å². The third-order valence-electron chi connectivity index (χ3n) is 3.08. The monoisotopic (exact) mass is 219 g/mol. The molecule has 0 aromatic carbocycles. The van der Waals surface area contributed by atoms with Gasteiger partial charge in [-0.15, -0.1) is 0 Å². The maximum absolute atomic E-state index is 11.3. The average molecular weight is 219 g/mol. The van der Waals surface area contributed by atoms with Gasteiger partial charge in [-0.1, -0.05) is 0 Å². The van der Waals surface area contributed by atoms with Crippen molar-refractivity contribution in [1.82, 2.24) is 14.9 Å². The minimum absolute atomic E-state index is 0.184. The second kappa shape index (κ2) is 5.05. The SMILES string of the molecule is CC(=O)N1CCCC(Cc2cnccn2)C1. The minimum Gasteiger partial charge on any atom is -0.343 e. The first-order valence-corrected chi connectivity index (χ1v) is 5.76. The molecule has 1 fully saturated rings. The van der Waals surface area contributed by atoms with Gasteiger partial charge in [0.15, 0.2) is 0 Å². The van der Waals surface area contributed by atoms with Gasteiger partial charge >= 0.3 is 0 Å². The lowest BCUT2D eigenvalue weighted by atomic mass is 9.93. The summed E-state index contributed by atoms with van der Waals surface area (Å²) >= 11 is 0. The number of rotatable bonds is 2. The molecular formula is C12H17N3O. The smallest absolute Gasteiger partial charge is 0.219 e. The standard InChI is InChI=1S/C12H17N3O/c1-10(16)15-6-2-3-11(9-15)7-12-8-13-4-5-14-12/h4-5,8,11H,2-3,6-7,9H2,1H3. The van der Waals surface area contributed by atoms with Crippen LogP contribution in [0.1, 0.15) is 25.5 Å². The fraction of sp³-hybridized carbons (Fsp3) is 0.583. The number of carbonyl (C=O) groups is 1. The Morgan fingerprint density at radius 3 is 3.12 bits per heavy atom. The number of amides is 1. The fourth-order valence-corrected chi connectivity index (χ4v) is 2.25. The topological polar surface area (TPSA) is 46.1 Å². The Kier molecular flexibility index (Phi) is 3.49. The Labute approximate surface area is 95.7 Å². The van der Waals surface area contributed by atoms with Crippen molar-refractivity contribution in [3.05, 3.63) is 24.3 Å². The number of hydrogen-bond acceptors (Lipinski definition) is 3. The minimum atomic E-state index is 0.184. The van der Waals surface area contributed by atoms with E-state index in [2.05, 4.69) is 9.97 Å². The lowest BCUT2D eigenvalue weighted by Crippen LogP contribution is -2.39. The van der Waals surface area contributed by atoms with Crippen molar-refractivity contribution in [2.24, 2.45) is 5.92 Å². The van der Waals surface area contributed by atoms with Gasteiger partial charge in [-0.3, -0.25) is 14.8 Å². The molecule has 86 valence electrons. The summed E-state index contributed by atoms with van der Waals surface area (Å²) in [6.07, 6.45) is 8.43. The van der Waals surface area contributed by atoms with Gasteiger partial charge in [0.05, 0.1) is 5.69 Å². The fourth-order valence-electron chi connectivity index (χ4n) is 2.25. The first-order valence-electron chi connectivity index (χ1n) is 5.76. The normalized spacial score (nSPS) is 20.8. The summed E-state index contributed by atoms with van der Waals surface area (Å²) < 4.78 is 0. The molecule has 1 atom stereocenters. The molecule has 1 aromatic rings. The number of nitrogens with zero attached hydrogens (tertiary/aromatic N) is 3.